The number of thiophene rings is 1. The molecule has 0 saturated carbocycles. The quantitative estimate of drug-likeness (QED) is 0.834. The van der Waals surface area contributed by atoms with Gasteiger partial charge in [0.25, 0.3) is 5.91 Å². The van der Waals surface area contributed by atoms with E-state index >= 15 is 0 Å². The number of nitrogens with one attached hydrogen (secondary N) is 1. The highest BCUT2D eigenvalue weighted by atomic mass is 32.2. The molecule has 0 aliphatic heterocycles. The minimum absolute atomic E-state index is 0.136. The molecular formula is C15H17NO2S2. The number of amides is 1. The molecule has 0 aliphatic carbocycles. The fourth-order valence-electron chi connectivity index (χ4n) is 1.77. The molecule has 0 spiro atoms. The van der Waals surface area contributed by atoms with Gasteiger partial charge in [-0.3, -0.25) is 4.79 Å². The summed E-state index contributed by atoms with van der Waals surface area (Å²) in [4.78, 5) is 13.7. The largest absolute Gasteiger partial charge is 0.387 e. The molecule has 0 aliphatic rings. The van der Waals surface area contributed by atoms with E-state index < -0.39 is 6.10 Å². The minimum Gasteiger partial charge on any atom is -0.387 e. The SMILES string of the molecule is CSc1ccc(C(O)CNC(=O)c2cc(C)cs2)cc1. The summed E-state index contributed by atoms with van der Waals surface area (Å²) in [6.45, 7) is 2.17. The topological polar surface area (TPSA) is 49.3 Å². The molecule has 1 aromatic heterocycles. The maximum Gasteiger partial charge on any atom is 0.261 e. The lowest BCUT2D eigenvalue weighted by Gasteiger charge is -2.12. The lowest BCUT2D eigenvalue weighted by Crippen LogP contribution is -2.27. The van der Waals surface area contributed by atoms with Crippen LogP contribution in [-0.4, -0.2) is 23.8 Å². The molecule has 1 amide bonds. The summed E-state index contributed by atoms with van der Waals surface area (Å²) in [5.41, 5.74) is 1.89. The van der Waals surface area contributed by atoms with Gasteiger partial charge in [0.1, 0.15) is 0 Å². The maximum atomic E-state index is 11.9. The van der Waals surface area contributed by atoms with Crippen molar-refractivity contribution >= 4 is 29.0 Å². The Morgan fingerprint density at radius 1 is 1.40 bits per heavy atom. The van der Waals surface area contributed by atoms with Gasteiger partial charge >= 0.3 is 0 Å². The third-order valence-electron chi connectivity index (χ3n) is 2.91. The zero-order valence-corrected chi connectivity index (χ0v) is 13.1. The Kier molecular flexibility index (Phi) is 5.23. The summed E-state index contributed by atoms with van der Waals surface area (Å²) in [7, 11) is 0. The van der Waals surface area contributed by atoms with E-state index in [4.69, 9.17) is 0 Å². The summed E-state index contributed by atoms with van der Waals surface area (Å²) >= 11 is 3.07. The van der Waals surface area contributed by atoms with E-state index in [0.29, 0.717) is 4.88 Å². The first kappa shape index (κ1) is 15.1. The van der Waals surface area contributed by atoms with Crippen molar-refractivity contribution in [2.45, 2.75) is 17.9 Å². The fourth-order valence-corrected chi connectivity index (χ4v) is 2.99. The standard InChI is InChI=1S/C15H17NO2S2/c1-10-7-14(20-9-10)15(18)16-8-13(17)11-3-5-12(19-2)6-4-11/h3-7,9,13,17H,8H2,1-2H3,(H,16,18). The summed E-state index contributed by atoms with van der Waals surface area (Å²) in [5.74, 6) is -0.136. The molecule has 0 radical (unpaired) electrons. The van der Waals surface area contributed by atoms with Crippen molar-refractivity contribution in [3.8, 4) is 0 Å². The van der Waals surface area contributed by atoms with Crippen molar-refractivity contribution in [1.82, 2.24) is 5.32 Å². The molecule has 0 saturated heterocycles. The van der Waals surface area contributed by atoms with E-state index in [1.165, 1.54) is 11.3 Å². The number of aliphatic hydroxyl groups is 1. The van der Waals surface area contributed by atoms with Crippen molar-refractivity contribution in [3.05, 3.63) is 51.7 Å². The van der Waals surface area contributed by atoms with Crippen molar-refractivity contribution in [3.63, 3.8) is 0 Å². The predicted octanol–water partition coefficient (Wildman–Crippen LogP) is 3.24. The number of hydrogen-bond acceptors (Lipinski definition) is 4. The Hall–Kier alpha value is -1.30. The monoisotopic (exact) mass is 307 g/mol. The van der Waals surface area contributed by atoms with Gasteiger partial charge in [-0.25, -0.2) is 0 Å². The average molecular weight is 307 g/mol. The van der Waals surface area contributed by atoms with E-state index in [1.54, 1.807) is 11.8 Å². The van der Waals surface area contributed by atoms with Gasteiger partial charge in [0.2, 0.25) is 0 Å². The van der Waals surface area contributed by atoms with Crippen LogP contribution in [0.25, 0.3) is 0 Å². The third kappa shape index (κ3) is 3.85. The number of thioether (sulfide) groups is 1. The Bertz CT molecular complexity index is 578. The molecular weight excluding hydrogens is 290 g/mol. The van der Waals surface area contributed by atoms with Gasteiger partial charge in [-0.15, -0.1) is 23.1 Å². The highest BCUT2D eigenvalue weighted by Crippen LogP contribution is 2.19. The first-order chi connectivity index (χ1) is 9.60. The van der Waals surface area contributed by atoms with Gasteiger partial charge in [0.05, 0.1) is 11.0 Å². The zero-order chi connectivity index (χ0) is 14.5. The number of aryl methyl sites for hydroxylation is 1. The van der Waals surface area contributed by atoms with Crippen LogP contribution in [0, 0.1) is 6.92 Å². The van der Waals surface area contributed by atoms with Gasteiger partial charge in [0.15, 0.2) is 0 Å². The molecule has 1 unspecified atom stereocenters. The van der Waals surface area contributed by atoms with E-state index in [1.807, 2.05) is 48.9 Å². The van der Waals surface area contributed by atoms with Crippen LogP contribution in [-0.2, 0) is 0 Å². The molecule has 2 rings (SSSR count). The average Bonchev–Trinajstić information content (AvgIpc) is 2.91. The molecule has 0 fully saturated rings. The molecule has 106 valence electrons. The maximum absolute atomic E-state index is 11.9. The van der Waals surface area contributed by atoms with Crippen LogP contribution < -0.4 is 5.32 Å². The van der Waals surface area contributed by atoms with E-state index in [-0.39, 0.29) is 12.5 Å². The minimum atomic E-state index is -0.684. The Labute approximate surface area is 127 Å². The number of aliphatic hydroxyl groups excluding tert-OH is 1. The number of carbonyl (C=O) groups excluding carboxylic acids is 1. The molecule has 1 atom stereocenters. The first-order valence-corrected chi connectivity index (χ1v) is 8.36. The lowest BCUT2D eigenvalue weighted by atomic mass is 10.1. The van der Waals surface area contributed by atoms with Crippen molar-refractivity contribution in [2.75, 3.05) is 12.8 Å². The highest BCUT2D eigenvalue weighted by Gasteiger charge is 2.12. The summed E-state index contributed by atoms with van der Waals surface area (Å²) in [5, 5.41) is 14.8. The van der Waals surface area contributed by atoms with Crippen LogP contribution in [0.3, 0.4) is 0 Å². The highest BCUT2D eigenvalue weighted by molar-refractivity contribution is 7.98. The second-order valence-corrected chi connectivity index (χ2v) is 6.28. The smallest absolute Gasteiger partial charge is 0.261 e. The zero-order valence-electron chi connectivity index (χ0n) is 11.4. The van der Waals surface area contributed by atoms with Crippen LogP contribution in [0.15, 0.2) is 40.6 Å². The molecule has 2 aromatic rings. The van der Waals surface area contributed by atoms with Crippen LogP contribution in [0.4, 0.5) is 0 Å². The Balaban J connectivity index is 1.91. The number of benzene rings is 1. The predicted molar refractivity (Wildman–Crippen MR) is 84.6 cm³/mol. The van der Waals surface area contributed by atoms with Gasteiger partial charge in [-0.1, -0.05) is 12.1 Å². The molecule has 5 heteroatoms. The summed E-state index contributed by atoms with van der Waals surface area (Å²) in [6, 6.07) is 9.55. The molecule has 0 bridgehead atoms. The molecule has 20 heavy (non-hydrogen) atoms. The number of carbonyl (C=O) groups is 1. The number of hydrogen-bond donors (Lipinski definition) is 2. The lowest BCUT2D eigenvalue weighted by molar-refractivity contribution is 0.0920. The Morgan fingerprint density at radius 3 is 2.65 bits per heavy atom. The van der Waals surface area contributed by atoms with E-state index in [0.717, 1.165) is 16.0 Å². The van der Waals surface area contributed by atoms with Crippen LogP contribution in [0.1, 0.15) is 26.9 Å². The summed E-state index contributed by atoms with van der Waals surface area (Å²) < 4.78 is 0. The first-order valence-electron chi connectivity index (χ1n) is 6.25. The van der Waals surface area contributed by atoms with Crippen LogP contribution in [0.2, 0.25) is 0 Å². The van der Waals surface area contributed by atoms with Crippen molar-refractivity contribution in [2.24, 2.45) is 0 Å². The number of rotatable bonds is 5. The fraction of sp³-hybridized carbons (Fsp3) is 0.267. The normalized spacial score (nSPS) is 12.2. The van der Waals surface area contributed by atoms with Crippen LogP contribution in [0.5, 0.6) is 0 Å². The van der Waals surface area contributed by atoms with Crippen LogP contribution >= 0.6 is 23.1 Å². The third-order valence-corrected chi connectivity index (χ3v) is 4.70. The molecule has 1 heterocycles. The Morgan fingerprint density at radius 2 is 2.10 bits per heavy atom. The van der Waals surface area contributed by atoms with Crippen molar-refractivity contribution < 1.29 is 9.90 Å². The molecule has 2 N–H and O–H groups in total. The second kappa shape index (κ2) is 6.92. The van der Waals surface area contributed by atoms with Gasteiger partial charge in [-0.2, -0.15) is 0 Å². The molecule has 1 aromatic carbocycles. The van der Waals surface area contributed by atoms with Gasteiger partial charge in [0, 0.05) is 11.4 Å². The van der Waals surface area contributed by atoms with E-state index in [2.05, 4.69) is 5.32 Å². The summed E-state index contributed by atoms with van der Waals surface area (Å²) in [6.07, 6.45) is 1.32. The van der Waals surface area contributed by atoms with Gasteiger partial charge in [-0.05, 0) is 47.9 Å². The van der Waals surface area contributed by atoms with Crippen molar-refractivity contribution in [1.29, 1.82) is 0 Å². The molecule has 3 nitrogen and oxygen atoms in total. The van der Waals surface area contributed by atoms with Gasteiger partial charge < -0.3 is 10.4 Å². The second-order valence-electron chi connectivity index (χ2n) is 4.49. The van der Waals surface area contributed by atoms with E-state index in [9.17, 15) is 9.90 Å².